The summed E-state index contributed by atoms with van der Waals surface area (Å²) in [4.78, 5) is 10.2. The molecule has 0 aliphatic heterocycles. The van der Waals surface area contributed by atoms with Crippen LogP contribution in [0, 0.1) is 0 Å². The van der Waals surface area contributed by atoms with Crippen molar-refractivity contribution in [1.29, 1.82) is 0 Å². The Hall–Kier alpha value is -5.34. The van der Waals surface area contributed by atoms with Gasteiger partial charge >= 0.3 is 0 Å². The van der Waals surface area contributed by atoms with E-state index in [-0.39, 0.29) is 5.41 Å². The van der Waals surface area contributed by atoms with E-state index in [4.69, 9.17) is 9.97 Å². The molecule has 0 N–H and O–H groups in total. The predicted octanol–water partition coefficient (Wildman–Crippen LogP) is 10.7. The Morgan fingerprint density at radius 1 is 0.488 bits per heavy atom. The molecule has 2 nitrogen and oxygen atoms in total. The molecule has 0 radical (unpaired) electrons. The van der Waals surface area contributed by atoms with Crippen molar-refractivity contribution in [2.24, 2.45) is 0 Å². The molecule has 1 heterocycles. The fourth-order valence-corrected chi connectivity index (χ4v) is 7.32. The lowest BCUT2D eigenvalue weighted by Crippen LogP contribution is -2.14. The SMILES string of the molecule is CC1(C)c2ccccc2-c2c1ccc1ccc3ccc4cc(-c5nc(-c6ccccc6)c6ccccc6n5)ccc4c3c21. The second-order valence-electron chi connectivity index (χ2n) is 12.2. The van der Waals surface area contributed by atoms with Crippen molar-refractivity contribution in [3.63, 3.8) is 0 Å². The molecule has 0 saturated carbocycles. The Morgan fingerprint density at radius 3 is 2.05 bits per heavy atom. The van der Waals surface area contributed by atoms with Crippen molar-refractivity contribution < 1.29 is 0 Å². The lowest BCUT2D eigenvalue weighted by molar-refractivity contribution is 0.661. The third-order valence-electron chi connectivity index (χ3n) is 9.43. The minimum absolute atomic E-state index is 0.0378. The summed E-state index contributed by atoms with van der Waals surface area (Å²) in [7, 11) is 0. The van der Waals surface area contributed by atoms with Crippen molar-refractivity contribution in [3.05, 3.63) is 145 Å². The molecule has 0 saturated heterocycles. The first-order valence-electron chi connectivity index (χ1n) is 14.9. The van der Waals surface area contributed by atoms with Gasteiger partial charge in [0.25, 0.3) is 0 Å². The van der Waals surface area contributed by atoms with E-state index in [1.807, 2.05) is 12.1 Å². The van der Waals surface area contributed by atoms with Crippen LogP contribution in [0.5, 0.6) is 0 Å². The van der Waals surface area contributed by atoms with Crippen molar-refractivity contribution in [2.45, 2.75) is 19.3 Å². The van der Waals surface area contributed by atoms with Crippen LogP contribution in [0.2, 0.25) is 0 Å². The summed E-state index contributed by atoms with van der Waals surface area (Å²) in [5.74, 6) is 0.744. The van der Waals surface area contributed by atoms with E-state index in [1.165, 1.54) is 54.6 Å². The van der Waals surface area contributed by atoms with E-state index in [1.54, 1.807) is 0 Å². The van der Waals surface area contributed by atoms with Gasteiger partial charge < -0.3 is 0 Å². The summed E-state index contributed by atoms with van der Waals surface area (Å²) in [6, 6.07) is 48.1. The molecule has 0 amide bonds. The van der Waals surface area contributed by atoms with Crippen LogP contribution >= 0.6 is 0 Å². The third kappa shape index (κ3) is 3.47. The van der Waals surface area contributed by atoms with Crippen molar-refractivity contribution >= 4 is 43.2 Å². The second kappa shape index (κ2) is 8.83. The first-order chi connectivity index (χ1) is 21.1. The maximum atomic E-state index is 5.14. The number of hydrogen-bond donors (Lipinski definition) is 0. The second-order valence-corrected chi connectivity index (χ2v) is 12.2. The average molecular weight is 549 g/mol. The molecule has 43 heavy (non-hydrogen) atoms. The molecule has 0 fully saturated rings. The minimum atomic E-state index is -0.0378. The van der Waals surface area contributed by atoms with Gasteiger partial charge in [0.2, 0.25) is 0 Å². The molecule has 9 rings (SSSR count). The van der Waals surface area contributed by atoms with Crippen molar-refractivity contribution in [1.82, 2.24) is 9.97 Å². The minimum Gasteiger partial charge on any atom is -0.228 e. The first kappa shape index (κ1) is 24.3. The number of para-hydroxylation sites is 1. The van der Waals surface area contributed by atoms with E-state index >= 15 is 0 Å². The largest absolute Gasteiger partial charge is 0.228 e. The third-order valence-corrected chi connectivity index (χ3v) is 9.43. The van der Waals surface area contributed by atoms with Crippen LogP contribution in [-0.4, -0.2) is 9.97 Å². The quantitative estimate of drug-likeness (QED) is 0.201. The standard InChI is InChI=1S/C41H28N2/c1-41(2)33-14-8-6-12-31(33)38-34(41)23-21-26-17-16-25-18-19-28-24-29(20-22-30(28)36(25)37(26)38)40-42-35-15-9-7-13-32(35)39(43-40)27-10-4-3-5-11-27/h3-24H,1-2H3. The highest BCUT2D eigenvalue weighted by atomic mass is 14.9. The van der Waals surface area contributed by atoms with Crippen LogP contribution in [-0.2, 0) is 5.41 Å². The predicted molar refractivity (Wildman–Crippen MR) is 180 cm³/mol. The smallest absolute Gasteiger partial charge is 0.160 e. The first-order valence-corrected chi connectivity index (χ1v) is 14.9. The van der Waals surface area contributed by atoms with E-state index in [2.05, 4.69) is 135 Å². The lowest BCUT2D eigenvalue weighted by atomic mass is 9.81. The zero-order chi connectivity index (χ0) is 28.7. The molecular formula is C41H28N2. The van der Waals surface area contributed by atoms with Crippen LogP contribution in [0.1, 0.15) is 25.0 Å². The van der Waals surface area contributed by atoms with Crippen LogP contribution < -0.4 is 0 Å². The maximum absolute atomic E-state index is 5.14. The summed E-state index contributed by atoms with van der Waals surface area (Å²) < 4.78 is 0. The molecule has 1 aliphatic rings. The van der Waals surface area contributed by atoms with E-state index < -0.39 is 0 Å². The molecule has 0 bridgehead atoms. The van der Waals surface area contributed by atoms with E-state index in [0.717, 1.165) is 33.5 Å². The van der Waals surface area contributed by atoms with Gasteiger partial charge in [-0.2, -0.15) is 0 Å². The summed E-state index contributed by atoms with van der Waals surface area (Å²) >= 11 is 0. The highest BCUT2D eigenvalue weighted by Gasteiger charge is 2.36. The van der Waals surface area contributed by atoms with Crippen LogP contribution in [0.4, 0.5) is 0 Å². The summed E-state index contributed by atoms with van der Waals surface area (Å²) in [5.41, 5.74) is 9.53. The van der Waals surface area contributed by atoms with Gasteiger partial charge in [0, 0.05) is 21.9 Å². The molecule has 0 unspecified atom stereocenters. The van der Waals surface area contributed by atoms with Crippen LogP contribution in [0.25, 0.3) is 77.0 Å². The summed E-state index contributed by atoms with van der Waals surface area (Å²) in [6.07, 6.45) is 0. The van der Waals surface area contributed by atoms with Gasteiger partial charge in [-0.3, -0.25) is 0 Å². The molecule has 1 aromatic heterocycles. The van der Waals surface area contributed by atoms with Gasteiger partial charge in [-0.25, -0.2) is 9.97 Å². The fraction of sp³-hybridized carbons (Fsp3) is 0.0732. The number of benzene rings is 7. The van der Waals surface area contributed by atoms with Gasteiger partial charge in [0.15, 0.2) is 5.82 Å². The number of aromatic nitrogens is 2. The van der Waals surface area contributed by atoms with Gasteiger partial charge in [-0.05, 0) is 66.7 Å². The normalized spacial score (nSPS) is 13.5. The average Bonchev–Trinajstić information content (AvgIpc) is 3.30. The van der Waals surface area contributed by atoms with E-state index in [0.29, 0.717) is 0 Å². The monoisotopic (exact) mass is 548 g/mol. The Bertz CT molecular complexity index is 2420. The Labute approximate surface area is 250 Å². The molecule has 1 aliphatic carbocycles. The zero-order valence-corrected chi connectivity index (χ0v) is 24.1. The molecular weight excluding hydrogens is 520 g/mol. The molecule has 7 aromatic carbocycles. The fourth-order valence-electron chi connectivity index (χ4n) is 7.32. The zero-order valence-electron chi connectivity index (χ0n) is 24.1. The van der Waals surface area contributed by atoms with Gasteiger partial charge in [0.05, 0.1) is 11.2 Å². The Morgan fingerprint density at radius 2 is 1.19 bits per heavy atom. The maximum Gasteiger partial charge on any atom is 0.160 e. The Balaban J connectivity index is 1.31. The topological polar surface area (TPSA) is 25.8 Å². The number of rotatable bonds is 2. The van der Waals surface area contributed by atoms with Gasteiger partial charge in [0.1, 0.15) is 0 Å². The van der Waals surface area contributed by atoms with Crippen LogP contribution in [0.15, 0.2) is 133 Å². The van der Waals surface area contributed by atoms with Crippen molar-refractivity contribution in [3.8, 4) is 33.8 Å². The number of nitrogens with zero attached hydrogens (tertiary/aromatic N) is 2. The molecule has 8 aromatic rings. The molecule has 202 valence electrons. The Kier molecular flexibility index (Phi) is 4.99. The number of fused-ring (bicyclic) bond motifs is 10. The molecule has 2 heteroatoms. The lowest BCUT2D eigenvalue weighted by Gasteiger charge is -2.21. The number of hydrogen-bond acceptors (Lipinski definition) is 2. The molecule has 0 spiro atoms. The summed E-state index contributed by atoms with van der Waals surface area (Å²) in [6.45, 7) is 4.71. The highest BCUT2D eigenvalue weighted by molar-refractivity contribution is 6.25. The van der Waals surface area contributed by atoms with Gasteiger partial charge in [-0.1, -0.05) is 135 Å². The van der Waals surface area contributed by atoms with Crippen LogP contribution in [0.3, 0.4) is 0 Å². The summed E-state index contributed by atoms with van der Waals surface area (Å²) in [5, 5.41) is 8.71. The van der Waals surface area contributed by atoms with Gasteiger partial charge in [-0.15, -0.1) is 0 Å². The molecule has 0 atom stereocenters. The highest BCUT2D eigenvalue weighted by Crippen LogP contribution is 2.52. The van der Waals surface area contributed by atoms with E-state index in [9.17, 15) is 0 Å². The van der Waals surface area contributed by atoms with Crippen molar-refractivity contribution in [2.75, 3.05) is 0 Å².